The molecule has 90 valence electrons. The predicted molar refractivity (Wildman–Crippen MR) is 75.5 cm³/mol. The summed E-state index contributed by atoms with van der Waals surface area (Å²) >= 11 is 7.34. The molecule has 0 radical (unpaired) electrons. The number of nitrogens with zero attached hydrogens (tertiary/aromatic N) is 1. The number of rotatable bonds is 4. The Bertz CT molecular complexity index is 508. The molecule has 0 saturated heterocycles. The fourth-order valence-electron chi connectivity index (χ4n) is 1.73. The van der Waals surface area contributed by atoms with E-state index in [0.717, 1.165) is 17.2 Å². The van der Waals surface area contributed by atoms with Gasteiger partial charge in [-0.15, -0.1) is 22.9 Å². The Hall–Kier alpha value is -1.06. The molecule has 1 heterocycles. The van der Waals surface area contributed by atoms with E-state index in [1.54, 1.807) is 11.3 Å². The molecule has 0 saturated carbocycles. The third-order valence-corrected chi connectivity index (χ3v) is 3.74. The van der Waals surface area contributed by atoms with E-state index >= 15 is 0 Å². The Labute approximate surface area is 111 Å². The van der Waals surface area contributed by atoms with Gasteiger partial charge in [0.2, 0.25) is 0 Å². The number of para-hydroxylation sites is 1. The normalized spacial score (nSPS) is 10.5. The number of hydrogen-bond acceptors (Lipinski definition) is 3. The van der Waals surface area contributed by atoms with Crippen LogP contribution in [0, 0.1) is 6.92 Å². The Balaban J connectivity index is 2.28. The molecule has 0 amide bonds. The van der Waals surface area contributed by atoms with Gasteiger partial charge in [0.25, 0.3) is 0 Å². The molecule has 4 heteroatoms. The first-order chi connectivity index (χ1) is 8.24. The van der Waals surface area contributed by atoms with E-state index in [9.17, 15) is 0 Å². The number of aryl methyl sites for hydroxylation is 2. The number of alkyl halides is 1. The van der Waals surface area contributed by atoms with Gasteiger partial charge in [-0.1, -0.05) is 25.1 Å². The third-order valence-electron chi connectivity index (χ3n) is 2.66. The second-order valence-corrected chi connectivity index (χ2v) is 4.99. The molecule has 1 aromatic heterocycles. The van der Waals surface area contributed by atoms with Gasteiger partial charge in [-0.05, 0) is 24.5 Å². The zero-order chi connectivity index (χ0) is 12.3. The quantitative estimate of drug-likeness (QED) is 0.825. The van der Waals surface area contributed by atoms with Gasteiger partial charge in [0.05, 0.1) is 11.6 Å². The molecule has 0 aliphatic rings. The maximum absolute atomic E-state index is 5.75. The molecule has 0 unspecified atom stereocenters. The van der Waals surface area contributed by atoms with Gasteiger partial charge >= 0.3 is 0 Å². The minimum atomic E-state index is 0.465. The smallest absolute Gasteiger partial charge is 0.187 e. The number of thiazole rings is 1. The summed E-state index contributed by atoms with van der Waals surface area (Å²) in [6, 6.07) is 6.34. The minimum Gasteiger partial charge on any atom is -0.331 e. The van der Waals surface area contributed by atoms with Crippen LogP contribution < -0.4 is 5.32 Å². The molecule has 0 spiro atoms. The summed E-state index contributed by atoms with van der Waals surface area (Å²) < 4.78 is 0. The van der Waals surface area contributed by atoms with E-state index < -0.39 is 0 Å². The van der Waals surface area contributed by atoms with Crippen LogP contribution in [0.5, 0.6) is 0 Å². The molecule has 1 aromatic carbocycles. The standard InChI is InChI=1S/C13H15ClN2S/c1-3-10-6-4-5-9(2)12(10)16-13-15-11(7-14)8-17-13/h4-6,8H,3,7H2,1-2H3,(H,15,16). The highest BCUT2D eigenvalue weighted by Crippen LogP contribution is 2.27. The molecule has 2 nitrogen and oxygen atoms in total. The summed E-state index contributed by atoms with van der Waals surface area (Å²) in [5.74, 6) is 0.465. The van der Waals surface area contributed by atoms with E-state index in [2.05, 4.69) is 42.3 Å². The van der Waals surface area contributed by atoms with E-state index in [1.807, 2.05) is 5.38 Å². The van der Waals surface area contributed by atoms with Crippen molar-refractivity contribution in [2.75, 3.05) is 5.32 Å². The van der Waals surface area contributed by atoms with E-state index in [0.29, 0.717) is 5.88 Å². The minimum absolute atomic E-state index is 0.465. The van der Waals surface area contributed by atoms with Crippen molar-refractivity contribution in [1.82, 2.24) is 4.98 Å². The Morgan fingerprint density at radius 3 is 2.88 bits per heavy atom. The molecule has 0 atom stereocenters. The number of halogens is 1. The molecule has 1 N–H and O–H groups in total. The van der Waals surface area contributed by atoms with Crippen molar-refractivity contribution in [3.8, 4) is 0 Å². The van der Waals surface area contributed by atoms with E-state index in [-0.39, 0.29) is 0 Å². The van der Waals surface area contributed by atoms with Crippen LogP contribution in [0.1, 0.15) is 23.7 Å². The van der Waals surface area contributed by atoms with Gasteiger partial charge in [-0.25, -0.2) is 4.98 Å². The number of anilines is 2. The highest BCUT2D eigenvalue weighted by molar-refractivity contribution is 7.13. The van der Waals surface area contributed by atoms with Crippen LogP contribution in [-0.2, 0) is 12.3 Å². The summed E-state index contributed by atoms with van der Waals surface area (Å²) in [6.07, 6.45) is 1.01. The van der Waals surface area contributed by atoms with Gasteiger partial charge in [0.1, 0.15) is 0 Å². The average Bonchev–Trinajstić information content (AvgIpc) is 2.79. The maximum Gasteiger partial charge on any atom is 0.187 e. The summed E-state index contributed by atoms with van der Waals surface area (Å²) in [4.78, 5) is 4.42. The molecular formula is C13H15ClN2S. The molecule has 0 aliphatic carbocycles. The lowest BCUT2D eigenvalue weighted by molar-refractivity contribution is 1.13. The van der Waals surface area contributed by atoms with Crippen LogP contribution in [0.15, 0.2) is 23.6 Å². The zero-order valence-electron chi connectivity index (χ0n) is 9.96. The molecule has 0 fully saturated rings. The Morgan fingerprint density at radius 2 is 2.24 bits per heavy atom. The molecule has 2 rings (SSSR count). The van der Waals surface area contributed by atoms with E-state index in [1.165, 1.54) is 16.8 Å². The maximum atomic E-state index is 5.75. The molecule has 17 heavy (non-hydrogen) atoms. The molecule has 2 aromatic rings. The zero-order valence-corrected chi connectivity index (χ0v) is 11.5. The number of nitrogens with one attached hydrogen (secondary N) is 1. The van der Waals surface area contributed by atoms with Crippen LogP contribution >= 0.6 is 22.9 Å². The summed E-state index contributed by atoms with van der Waals surface area (Å²) in [7, 11) is 0. The summed E-state index contributed by atoms with van der Waals surface area (Å²) in [6.45, 7) is 4.27. The fraction of sp³-hybridized carbons (Fsp3) is 0.308. The monoisotopic (exact) mass is 266 g/mol. The first kappa shape index (κ1) is 12.4. The van der Waals surface area contributed by atoms with Gasteiger partial charge < -0.3 is 5.32 Å². The summed E-state index contributed by atoms with van der Waals surface area (Å²) in [5, 5.41) is 6.29. The van der Waals surface area contributed by atoms with Gasteiger partial charge in [-0.2, -0.15) is 0 Å². The lowest BCUT2D eigenvalue weighted by Gasteiger charge is -2.11. The van der Waals surface area contributed by atoms with Crippen molar-refractivity contribution in [3.63, 3.8) is 0 Å². The molecule has 0 bridgehead atoms. The topological polar surface area (TPSA) is 24.9 Å². The molecule has 0 aliphatic heterocycles. The first-order valence-electron chi connectivity index (χ1n) is 5.60. The third kappa shape index (κ3) is 2.79. The van der Waals surface area contributed by atoms with Crippen molar-refractivity contribution >= 4 is 33.8 Å². The number of aromatic nitrogens is 1. The Kier molecular flexibility index (Phi) is 4.02. The van der Waals surface area contributed by atoms with Crippen LogP contribution in [0.4, 0.5) is 10.8 Å². The predicted octanol–water partition coefficient (Wildman–Crippen LogP) is 4.50. The number of benzene rings is 1. The van der Waals surface area contributed by atoms with Crippen LogP contribution in [0.3, 0.4) is 0 Å². The van der Waals surface area contributed by atoms with Gasteiger partial charge in [0.15, 0.2) is 5.13 Å². The second-order valence-electron chi connectivity index (χ2n) is 3.87. The lowest BCUT2D eigenvalue weighted by Crippen LogP contribution is -1.97. The summed E-state index contributed by atoms with van der Waals surface area (Å²) in [5.41, 5.74) is 4.65. The van der Waals surface area contributed by atoms with Crippen molar-refractivity contribution < 1.29 is 0 Å². The highest BCUT2D eigenvalue weighted by atomic mass is 35.5. The average molecular weight is 267 g/mol. The van der Waals surface area contributed by atoms with Gasteiger partial charge in [0, 0.05) is 11.1 Å². The Morgan fingerprint density at radius 1 is 1.41 bits per heavy atom. The van der Waals surface area contributed by atoms with Crippen molar-refractivity contribution in [2.45, 2.75) is 26.1 Å². The highest BCUT2D eigenvalue weighted by Gasteiger charge is 2.07. The van der Waals surface area contributed by atoms with Crippen molar-refractivity contribution in [1.29, 1.82) is 0 Å². The van der Waals surface area contributed by atoms with Crippen LogP contribution in [0.25, 0.3) is 0 Å². The first-order valence-corrected chi connectivity index (χ1v) is 7.02. The van der Waals surface area contributed by atoms with Crippen LogP contribution in [0.2, 0.25) is 0 Å². The van der Waals surface area contributed by atoms with E-state index in [4.69, 9.17) is 11.6 Å². The largest absolute Gasteiger partial charge is 0.331 e. The number of hydrogen-bond donors (Lipinski definition) is 1. The SMILES string of the molecule is CCc1cccc(C)c1Nc1nc(CCl)cs1. The second kappa shape index (κ2) is 5.52. The van der Waals surface area contributed by atoms with Crippen LogP contribution in [-0.4, -0.2) is 4.98 Å². The lowest BCUT2D eigenvalue weighted by atomic mass is 10.1. The molecular weight excluding hydrogens is 252 g/mol. The van der Waals surface area contributed by atoms with Crippen molar-refractivity contribution in [2.24, 2.45) is 0 Å². The van der Waals surface area contributed by atoms with Gasteiger partial charge in [-0.3, -0.25) is 0 Å². The fourth-order valence-corrected chi connectivity index (χ4v) is 2.68. The van der Waals surface area contributed by atoms with Crippen molar-refractivity contribution in [3.05, 3.63) is 40.4 Å².